The van der Waals surface area contributed by atoms with Gasteiger partial charge in [0.15, 0.2) is 0 Å². The third kappa shape index (κ3) is 3.89. The molecule has 3 N–H and O–H groups in total. The number of benzene rings is 2. The topological polar surface area (TPSA) is 90.1 Å². The van der Waals surface area contributed by atoms with Crippen molar-refractivity contribution in [1.82, 2.24) is 20.4 Å². The normalized spacial score (nSPS) is 11.6. The van der Waals surface area contributed by atoms with E-state index >= 15 is 0 Å². The zero-order valence-electron chi connectivity index (χ0n) is 16.5. The van der Waals surface area contributed by atoms with Gasteiger partial charge in [0.1, 0.15) is 0 Å². The highest BCUT2D eigenvalue weighted by Crippen LogP contribution is 2.22. The molecule has 2 aromatic carbocycles. The van der Waals surface area contributed by atoms with Gasteiger partial charge in [0.2, 0.25) is 5.91 Å². The van der Waals surface area contributed by atoms with Gasteiger partial charge in [-0.2, -0.15) is 5.10 Å². The van der Waals surface area contributed by atoms with Gasteiger partial charge in [-0.1, -0.05) is 24.3 Å². The summed E-state index contributed by atoms with van der Waals surface area (Å²) in [6.07, 6.45) is 1.72. The minimum atomic E-state index is -0.663. The summed E-state index contributed by atoms with van der Waals surface area (Å²) in [5.41, 5.74) is 2.32. The van der Waals surface area contributed by atoms with Crippen LogP contribution in [-0.4, -0.2) is 46.5 Å². The maximum absolute atomic E-state index is 12.7. The van der Waals surface area contributed by atoms with Crippen molar-refractivity contribution < 1.29 is 9.59 Å². The largest absolute Gasteiger partial charge is 0.358 e. The van der Waals surface area contributed by atoms with E-state index in [0.29, 0.717) is 17.8 Å². The van der Waals surface area contributed by atoms with Crippen molar-refractivity contribution in [2.45, 2.75) is 25.9 Å². The summed E-state index contributed by atoms with van der Waals surface area (Å²) in [5, 5.41) is 13.5. The van der Waals surface area contributed by atoms with Crippen LogP contribution in [0.2, 0.25) is 0 Å². The van der Waals surface area contributed by atoms with Crippen LogP contribution in [0.1, 0.15) is 29.8 Å². The van der Waals surface area contributed by atoms with Crippen LogP contribution in [0.15, 0.2) is 48.7 Å². The second-order valence-electron chi connectivity index (χ2n) is 7.29. The van der Waals surface area contributed by atoms with Crippen LogP contribution >= 0.6 is 0 Å². The number of anilines is 1. The molecule has 0 bridgehead atoms. The molecule has 146 valence electrons. The molecule has 3 rings (SSSR count). The highest BCUT2D eigenvalue weighted by Gasteiger charge is 2.31. The molecule has 0 radical (unpaired) electrons. The predicted molar refractivity (Wildman–Crippen MR) is 110 cm³/mol. The number of amides is 2. The standard InChI is InChI=1S/C21H25N5O2/c1-21(2,20(28)22-3)26(4)13-14-7-5-8-15(11-14)19(27)24-17-10-6-9-16-12-23-25-18(16)17/h5-12H,13H2,1-4H3,(H,22,28)(H,23,25)(H,24,27). The minimum absolute atomic E-state index is 0.0588. The molecule has 0 unspecified atom stereocenters. The van der Waals surface area contributed by atoms with Gasteiger partial charge < -0.3 is 10.6 Å². The van der Waals surface area contributed by atoms with E-state index in [0.717, 1.165) is 16.5 Å². The summed E-state index contributed by atoms with van der Waals surface area (Å²) in [6.45, 7) is 4.28. The fourth-order valence-electron chi connectivity index (χ4n) is 3.03. The second kappa shape index (κ2) is 7.82. The Morgan fingerprint density at radius 2 is 1.93 bits per heavy atom. The molecule has 0 saturated carbocycles. The molecule has 0 aliphatic rings. The first-order valence-electron chi connectivity index (χ1n) is 9.08. The number of aromatic amines is 1. The SMILES string of the molecule is CNC(=O)C(C)(C)N(C)Cc1cccc(C(=O)Nc2cccc3cn[nH]c23)c1. The van der Waals surface area contributed by atoms with E-state index in [1.807, 2.05) is 62.2 Å². The summed E-state index contributed by atoms with van der Waals surface area (Å²) in [5.74, 6) is -0.256. The van der Waals surface area contributed by atoms with Crippen LogP contribution in [0.3, 0.4) is 0 Å². The fraction of sp³-hybridized carbons (Fsp3) is 0.286. The Balaban J connectivity index is 1.76. The van der Waals surface area contributed by atoms with E-state index in [9.17, 15) is 9.59 Å². The molecule has 3 aromatic rings. The maximum atomic E-state index is 12.7. The van der Waals surface area contributed by atoms with Crippen LogP contribution in [-0.2, 0) is 11.3 Å². The van der Waals surface area contributed by atoms with Crippen molar-refractivity contribution in [3.05, 3.63) is 59.8 Å². The Kier molecular flexibility index (Phi) is 5.46. The van der Waals surface area contributed by atoms with Gasteiger partial charge in [-0.3, -0.25) is 19.6 Å². The molecule has 1 aromatic heterocycles. The molecule has 7 heteroatoms. The number of para-hydroxylation sites is 1. The number of nitrogens with one attached hydrogen (secondary N) is 3. The van der Waals surface area contributed by atoms with E-state index < -0.39 is 5.54 Å². The van der Waals surface area contributed by atoms with E-state index in [1.54, 1.807) is 19.3 Å². The lowest BCUT2D eigenvalue weighted by atomic mass is 10.0. The van der Waals surface area contributed by atoms with Crippen molar-refractivity contribution >= 4 is 28.4 Å². The molecule has 7 nitrogen and oxygen atoms in total. The van der Waals surface area contributed by atoms with E-state index in [-0.39, 0.29) is 11.8 Å². The number of carbonyl (C=O) groups excluding carboxylic acids is 2. The van der Waals surface area contributed by atoms with Gasteiger partial charge in [0.25, 0.3) is 5.91 Å². The smallest absolute Gasteiger partial charge is 0.255 e. The summed E-state index contributed by atoms with van der Waals surface area (Å²) in [4.78, 5) is 26.8. The van der Waals surface area contributed by atoms with Crippen LogP contribution in [0, 0.1) is 0 Å². The Hall–Kier alpha value is -3.19. The lowest BCUT2D eigenvalue weighted by Crippen LogP contribution is -2.52. The lowest BCUT2D eigenvalue weighted by molar-refractivity contribution is -0.130. The van der Waals surface area contributed by atoms with E-state index in [4.69, 9.17) is 0 Å². The molecule has 0 saturated heterocycles. The molecule has 0 aliphatic carbocycles. The predicted octanol–water partition coefficient (Wildman–Crippen LogP) is 2.77. The summed E-state index contributed by atoms with van der Waals surface area (Å²) in [6, 6.07) is 13.1. The summed E-state index contributed by atoms with van der Waals surface area (Å²) < 4.78 is 0. The Morgan fingerprint density at radius 3 is 2.68 bits per heavy atom. The van der Waals surface area contributed by atoms with Crippen molar-refractivity contribution in [2.75, 3.05) is 19.4 Å². The molecule has 1 heterocycles. The first-order valence-corrected chi connectivity index (χ1v) is 9.08. The Bertz CT molecular complexity index is 1010. The van der Waals surface area contributed by atoms with Crippen LogP contribution < -0.4 is 10.6 Å². The average Bonchev–Trinajstić information content (AvgIpc) is 3.17. The van der Waals surface area contributed by atoms with Crippen LogP contribution in [0.5, 0.6) is 0 Å². The number of carbonyl (C=O) groups is 2. The summed E-state index contributed by atoms with van der Waals surface area (Å²) >= 11 is 0. The molecule has 2 amide bonds. The van der Waals surface area contributed by atoms with Crippen LogP contribution in [0.25, 0.3) is 10.9 Å². The average molecular weight is 379 g/mol. The number of aromatic nitrogens is 2. The van der Waals surface area contributed by atoms with Crippen LogP contribution in [0.4, 0.5) is 5.69 Å². The zero-order chi connectivity index (χ0) is 20.3. The molecule has 0 fully saturated rings. The third-order valence-electron chi connectivity index (χ3n) is 5.07. The van der Waals surface area contributed by atoms with E-state index in [1.165, 1.54) is 0 Å². The number of H-pyrrole nitrogens is 1. The second-order valence-corrected chi connectivity index (χ2v) is 7.29. The van der Waals surface area contributed by atoms with Gasteiger partial charge in [0, 0.05) is 24.5 Å². The fourth-order valence-corrected chi connectivity index (χ4v) is 3.03. The van der Waals surface area contributed by atoms with Gasteiger partial charge >= 0.3 is 0 Å². The quantitative estimate of drug-likeness (QED) is 0.614. The number of fused-ring (bicyclic) bond motifs is 1. The third-order valence-corrected chi connectivity index (χ3v) is 5.07. The highest BCUT2D eigenvalue weighted by atomic mass is 16.2. The van der Waals surface area contributed by atoms with Crippen molar-refractivity contribution in [3.63, 3.8) is 0 Å². The lowest BCUT2D eigenvalue weighted by Gasteiger charge is -2.33. The number of nitrogens with zero attached hydrogens (tertiary/aromatic N) is 2. The summed E-state index contributed by atoms with van der Waals surface area (Å²) in [7, 11) is 3.52. The number of hydrogen-bond acceptors (Lipinski definition) is 4. The van der Waals surface area contributed by atoms with Gasteiger partial charge in [-0.15, -0.1) is 0 Å². The van der Waals surface area contributed by atoms with E-state index in [2.05, 4.69) is 20.8 Å². The van der Waals surface area contributed by atoms with Crippen molar-refractivity contribution in [1.29, 1.82) is 0 Å². The van der Waals surface area contributed by atoms with Gasteiger partial charge in [0.05, 0.1) is 22.9 Å². The number of likely N-dealkylation sites (N-methyl/N-ethyl adjacent to an activating group) is 2. The van der Waals surface area contributed by atoms with Gasteiger partial charge in [-0.25, -0.2) is 0 Å². The van der Waals surface area contributed by atoms with Crippen molar-refractivity contribution in [3.8, 4) is 0 Å². The molecule has 0 aliphatic heterocycles. The number of rotatable bonds is 6. The highest BCUT2D eigenvalue weighted by molar-refractivity contribution is 6.08. The van der Waals surface area contributed by atoms with Crippen molar-refractivity contribution in [2.24, 2.45) is 0 Å². The van der Waals surface area contributed by atoms with Gasteiger partial charge in [-0.05, 0) is 44.7 Å². The Labute approximate surface area is 164 Å². The Morgan fingerprint density at radius 1 is 1.18 bits per heavy atom. The number of hydrogen-bond donors (Lipinski definition) is 3. The molecule has 0 spiro atoms. The molecular weight excluding hydrogens is 354 g/mol. The maximum Gasteiger partial charge on any atom is 0.255 e. The zero-order valence-corrected chi connectivity index (χ0v) is 16.5. The first kappa shape index (κ1) is 19.6. The molecule has 0 atom stereocenters. The molecular formula is C21H25N5O2. The first-order chi connectivity index (χ1) is 13.3. The molecule has 28 heavy (non-hydrogen) atoms. The monoisotopic (exact) mass is 379 g/mol. The minimum Gasteiger partial charge on any atom is -0.358 e.